The molecule has 0 aliphatic heterocycles. The summed E-state index contributed by atoms with van der Waals surface area (Å²) >= 11 is 0. The molecule has 1 aliphatic carbocycles. The van der Waals surface area contributed by atoms with Gasteiger partial charge in [0.15, 0.2) is 5.78 Å². The van der Waals surface area contributed by atoms with Gasteiger partial charge in [-0.3, -0.25) is 9.59 Å². The number of hydrogen-bond acceptors (Lipinski definition) is 4. The summed E-state index contributed by atoms with van der Waals surface area (Å²) in [4.78, 5) is 24.3. The number of ketones is 1. The van der Waals surface area contributed by atoms with Gasteiger partial charge in [0.05, 0.1) is 18.2 Å². The Morgan fingerprint density at radius 3 is 2.54 bits per heavy atom. The van der Waals surface area contributed by atoms with Gasteiger partial charge in [-0.25, -0.2) is 0 Å². The first kappa shape index (κ1) is 15.9. The van der Waals surface area contributed by atoms with Gasteiger partial charge in [-0.1, -0.05) is 30.3 Å². The molecule has 0 aromatic heterocycles. The summed E-state index contributed by atoms with van der Waals surface area (Å²) in [5.41, 5.74) is 4.39. The third-order valence-electron chi connectivity index (χ3n) is 4.29. The van der Waals surface area contributed by atoms with Gasteiger partial charge < -0.3 is 4.74 Å². The highest BCUT2D eigenvalue weighted by molar-refractivity contribution is 6.06. The van der Waals surface area contributed by atoms with Crippen molar-refractivity contribution >= 4 is 11.8 Å². The van der Waals surface area contributed by atoms with Crippen LogP contribution in [0.1, 0.15) is 36.0 Å². The lowest BCUT2D eigenvalue weighted by Crippen LogP contribution is -2.29. The summed E-state index contributed by atoms with van der Waals surface area (Å²) < 4.78 is 5.06. The topological polar surface area (TPSA) is 67.2 Å². The van der Waals surface area contributed by atoms with Gasteiger partial charge in [0.2, 0.25) is 0 Å². The number of ether oxygens (including phenoxy) is 1. The molecular formula is C20H17NO3. The number of nitriles is 1. The number of benzene rings is 2. The zero-order chi connectivity index (χ0) is 17.1. The number of nitrogens with zero attached hydrogens (tertiary/aromatic N) is 1. The van der Waals surface area contributed by atoms with E-state index in [0.29, 0.717) is 18.4 Å². The highest BCUT2D eigenvalue weighted by Crippen LogP contribution is 2.33. The number of esters is 1. The molecule has 0 radical (unpaired) electrons. The highest BCUT2D eigenvalue weighted by Gasteiger charge is 2.34. The van der Waals surface area contributed by atoms with Gasteiger partial charge in [0.1, 0.15) is 5.92 Å². The van der Waals surface area contributed by atoms with Gasteiger partial charge in [-0.2, -0.15) is 5.26 Å². The van der Waals surface area contributed by atoms with E-state index in [1.165, 1.54) is 0 Å². The molecule has 0 spiro atoms. The molecule has 0 bridgehead atoms. The summed E-state index contributed by atoms with van der Waals surface area (Å²) in [6, 6.07) is 15.2. The van der Waals surface area contributed by atoms with E-state index in [2.05, 4.69) is 6.07 Å². The van der Waals surface area contributed by atoms with Crippen LogP contribution in [0.25, 0.3) is 11.1 Å². The zero-order valence-corrected chi connectivity index (χ0v) is 13.4. The van der Waals surface area contributed by atoms with Crippen LogP contribution in [-0.4, -0.2) is 18.4 Å². The largest absolute Gasteiger partial charge is 0.465 e. The molecular weight excluding hydrogens is 302 g/mol. The van der Waals surface area contributed by atoms with E-state index < -0.39 is 11.9 Å². The first-order valence-corrected chi connectivity index (χ1v) is 7.96. The number of fused-ring (bicyclic) bond motifs is 1. The molecule has 3 rings (SSSR count). The van der Waals surface area contributed by atoms with Crippen molar-refractivity contribution in [2.24, 2.45) is 0 Å². The second-order valence-electron chi connectivity index (χ2n) is 5.75. The van der Waals surface area contributed by atoms with Gasteiger partial charge in [0.25, 0.3) is 0 Å². The molecule has 2 aromatic carbocycles. The lowest BCUT2D eigenvalue weighted by molar-refractivity contribution is -0.148. The van der Waals surface area contributed by atoms with Crippen LogP contribution in [0, 0.1) is 11.3 Å². The third-order valence-corrected chi connectivity index (χ3v) is 4.29. The molecule has 4 nitrogen and oxygen atoms in total. The van der Waals surface area contributed by atoms with Crippen LogP contribution < -0.4 is 0 Å². The Labute approximate surface area is 140 Å². The van der Waals surface area contributed by atoms with E-state index in [9.17, 15) is 9.59 Å². The molecule has 0 amide bonds. The fourth-order valence-corrected chi connectivity index (χ4v) is 3.08. The van der Waals surface area contributed by atoms with Crippen molar-refractivity contribution in [1.29, 1.82) is 5.26 Å². The average Bonchev–Trinajstić information content (AvgIpc) is 2.61. The fourth-order valence-electron chi connectivity index (χ4n) is 3.08. The SMILES string of the molecule is CCOC(=O)[C@@H]1C(=O)CCc2cc(-c3ccc(C#N)cc3)ccc21. The molecule has 4 heteroatoms. The van der Waals surface area contributed by atoms with Crippen molar-refractivity contribution in [2.45, 2.75) is 25.7 Å². The summed E-state index contributed by atoms with van der Waals surface area (Å²) in [6.07, 6.45) is 0.988. The molecule has 0 N–H and O–H groups in total. The Kier molecular flexibility index (Phi) is 4.43. The smallest absolute Gasteiger partial charge is 0.321 e. The highest BCUT2D eigenvalue weighted by atomic mass is 16.5. The summed E-state index contributed by atoms with van der Waals surface area (Å²) in [5, 5.41) is 8.88. The quantitative estimate of drug-likeness (QED) is 0.642. The number of carbonyl (C=O) groups excluding carboxylic acids is 2. The monoisotopic (exact) mass is 319 g/mol. The molecule has 24 heavy (non-hydrogen) atoms. The molecule has 1 aliphatic rings. The van der Waals surface area contributed by atoms with Gasteiger partial charge in [-0.05, 0) is 47.7 Å². The number of aryl methyl sites for hydroxylation is 1. The van der Waals surface area contributed by atoms with Crippen LogP contribution in [0.3, 0.4) is 0 Å². The van der Waals surface area contributed by atoms with Crippen molar-refractivity contribution in [3.05, 3.63) is 59.2 Å². The van der Waals surface area contributed by atoms with E-state index in [1.807, 2.05) is 30.3 Å². The first-order valence-electron chi connectivity index (χ1n) is 7.96. The van der Waals surface area contributed by atoms with Gasteiger partial charge in [-0.15, -0.1) is 0 Å². The number of hydrogen-bond donors (Lipinski definition) is 0. The Hall–Kier alpha value is -2.93. The van der Waals surface area contributed by atoms with Crippen molar-refractivity contribution < 1.29 is 14.3 Å². The Bertz CT molecular complexity index is 831. The van der Waals surface area contributed by atoms with Gasteiger partial charge >= 0.3 is 5.97 Å². The Morgan fingerprint density at radius 1 is 1.17 bits per heavy atom. The molecule has 0 saturated carbocycles. The van der Waals surface area contributed by atoms with E-state index >= 15 is 0 Å². The normalized spacial score (nSPS) is 16.2. The van der Waals surface area contributed by atoms with E-state index in [0.717, 1.165) is 22.3 Å². The average molecular weight is 319 g/mol. The van der Waals surface area contributed by atoms with Crippen molar-refractivity contribution in [2.75, 3.05) is 6.61 Å². The number of Topliss-reactive ketones (excluding diaryl/α,β-unsaturated/α-hetero) is 1. The second-order valence-corrected chi connectivity index (χ2v) is 5.75. The molecule has 0 saturated heterocycles. The van der Waals surface area contributed by atoms with Gasteiger partial charge in [0, 0.05) is 6.42 Å². The van der Waals surface area contributed by atoms with Crippen LogP contribution >= 0.6 is 0 Å². The van der Waals surface area contributed by atoms with Crippen molar-refractivity contribution in [3.8, 4) is 17.2 Å². The van der Waals surface area contributed by atoms with Crippen LogP contribution in [0.4, 0.5) is 0 Å². The third kappa shape index (κ3) is 2.93. The standard InChI is InChI=1S/C20H17NO3/c1-2-24-20(23)19-17-9-7-15(11-16(17)8-10-18(19)22)14-5-3-13(12-21)4-6-14/h3-7,9,11,19H,2,8,10H2,1H3/t19-/m0/s1. The predicted octanol–water partition coefficient (Wildman–Crippen LogP) is 3.39. The maximum atomic E-state index is 12.2. The van der Waals surface area contributed by atoms with Crippen molar-refractivity contribution in [1.82, 2.24) is 0 Å². The Morgan fingerprint density at radius 2 is 1.88 bits per heavy atom. The first-order chi connectivity index (χ1) is 11.6. The van der Waals surface area contributed by atoms with Crippen LogP contribution in [-0.2, 0) is 20.7 Å². The minimum Gasteiger partial charge on any atom is -0.465 e. The maximum Gasteiger partial charge on any atom is 0.321 e. The molecule has 2 aromatic rings. The van der Waals surface area contributed by atoms with Crippen LogP contribution in [0.2, 0.25) is 0 Å². The molecule has 0 heterocycles. The molecule has 0 unspecified atom stereocenters. The lowest BCUT2D eigenvalue weighted by Gasteiger charge is -2.23. The van der Waals surface area contributed by atoms with Crippen LogP contribution in [0.5, 0.6) is 0 Å². The predicted molar refractivity (Wildman–Crippen MR) is 89.3 cm³/mol. The lowest BCUT2D eigenvalue weighted by atomic mass is 9.80. The summed E-state index contributed by atoms with van der Waals surface area (Å²) in [5.74, 6) is -1.34. The number of rotatable bonds is 3. The fraction of sp³-hybridized carbons (Fsp3) is 0.250. The van der Waals surface area contributed by atoms with E-state index in [-0.39, 0.29) is 12.4 Å². The minimum absolute atomic E-state index is 0.0768. The zero-order valence-electron chi connectivity index (χ0n) is 13.4. The second kappa shape index (κ2) is 6.67. The van der Waals surface area contributed by atoms with Crippen molar-refractivity contribution in [3.63, 3.8) is 0 Å². The van der Waals surface area contributed by atoms with E-state index in [4.69, 9.17) is 10.00 Å². The molecule has 120 valence electrons. The summed E-state index contributed by atoms with van der Waals surface area (Å²) in [7, 11) is 0. The number of carbonyl (C=O) groups is 2. The van der Waals surface area contributed by atoms with Crippen LogP contribution in [0.15, 0.2) is 42.5 Å². The maximum absolute atomic E-state index is 12.2. The summed E-state index contributed by atoms with van der Waals surface area (Å²) in [6.45, 7) is 2.00. The Balaban J connectivity index is 1.97. The molecule has 0 fully saturated rings. The van der Waals surface area contributed by atoms with E-state index in [1.54, 1.807) is 19.1 Å². The minimum atomic E-state index is -0.802. The molecule has 1 atom stereocenters.